The van der Waals surface area contributed by atoms with Gasteiger partial charge in [0.1, 0.15) is 18.5 Å². The molecule has 0 heterocycles. The quantitative estimate of drug-likeness (QED) is 0.873. The maximum atomic E-state index is 13.2. The molecule has 0 aliphatic heterocycles. The summed E-state index contributed by atoms with van der Waals surface area (Å²) in [7, 11) is 0. The molecule has 0 aromatic heterocycles. The third-order valence-electron chi connectivity index (χ3n) is 2.53. The van der Waals surface area contributed by atoms with Gasteiger partial charge in [0.05, 0.1) is 16.3 Å². The fourth-order valence-corrected chi connectivity index (χ4v) is 1.82. The van der Waals surface area contributed by atoms with Gasteiger partial charge in [-0.05, 0) is 29.8 Å². The van der Waals surface area contributed by atoms with E-state index in [0.717, 1.165) is 0 Å². The molecule has 2 rings (SSSR count). The van der Waals surface area contributed by atoms with Gasteiger partial charge in [0, 0.05) is 0 Å². The molecule has 2 aromatic rings. The van der Waals surface area contributed by atoms with Crippen LogP contribution in [-0.4, -0.2) is 0 Å². The molecule has 0 bridgehead atoms. The van der Waals surface area contributed by atoms with E-state index in [2.05, 4.69) is 0 Å². The van der Waals surface area contributed by atoms with Crippen LogP contribution in [0.1, 0.15) is 11.1 Å². The minimum Gasteiger partial charge on any atom is -0.485 e. The van der Waals surface area contributed by atoms with E-state index >= 15 is 0 Å². The van der Waals surface area contributed by atoms with Gasteiger partial charge in [0.15, 0.2) is 5.75 Å². The maximum absolute atomic E-state index is 13.2. The van der Waals surface area contributed by atoms with Crippen molar-refractivity contribution in [2.24, 2.45) is 0 Å². The van der Waals surface area contributed by atoms with Crippen LogP contribution in [0.25, 0.3) is 0 Å². The normalized spacial score (nSPS) is 9.95. The van der Waals surface area contributed by atoms with Gasteiger partial charge in [-0.3, -0.25) is 0 Å². The standard InChI is InChI=1S/C14H10ClFN2O/c15-11-2-1-3-13(18)14(11)19-8-9-4-5-12(16)10(6-9)7-17/h1-6H,8,18H2. The Balaban J connectivity index is 2.17. The molecule has 2 aromatic carbocycles. The largest absolute Gasteiger partial charge is 0.485 e. The molecular formula is C14H10ClFN2O. The highest BCUT2D eigenvalue weighted by Gasteiger charge is 2.07. The molecule has 3 nitrogen and oxygen atoms in total. The first-order valence-electron chi connectivity index (χ1n) is 5.47. The number of anilines is 1. The van der Waals surface area contributed by atoms with Gasteiger partial charge < -0.3 is 10.5 Å². The van der Waals surface area contributed by atoms with Crippen LogP contribution in [0.3, 0.4) is 0 Å². The van der Waals surface area contributed by atoms with Gasteiger partial charge in [-0.1, -0.05) is 23.7 Å². The second-order valence-electron chi connectivity index (χ2n) is 3.87. The minimum atomic E-state index is -0.552. The van der Waals surface area contributed by atoms with E-state index in [0.29, 0.717) is 22.0 Å². The highest BCUT2D eigenvalue weighted by molar-refractivity contribution is 6.32. The Morgan fingerprint density at radius 1 is 1.32 bits per heavy atom. The molecular weight excluding hydrogens is 267 g/mol. The van der Waals surface area contributed by atoms with E-state index in [1.807, 2.05) is 0 Å². The number of benzene rings is 2. The van der Waals surface area contributed by atoms with E-state index in [4.69, 9.17) is 27.3 Å². The second kappa shape index (κ2) is 5.59. The molecule has 0 saturated carbocycles. The summed E-state index contributed by atoms with van der Waals surface area (Å²) in [6.07, 6.45) is 0. The first-order chi connectivity index (χ1) is 9.11. The van der Waals surface area contributed by atoms with Gasteiger partial charge in [-0.15, -0.1) is 0 Å². The first kappa shape index (κ1) is 13.2. The lowest BCUT2D eigenvalue weighted by molar-refractivity contribution is 0.308. The Labute approximate surface area is 115 Å². The molecule has 0 atom stereocenters. The summed E-state index contributed by atoms with van der Waals surface area (Å²) in [6.45, 7) is 0.156. The molecule has 19 heavy (non-hydrogen) atoms. The molecule has 0 aliphatic carbocycles. The lowest BCUT2D eigenvalue weighted by Crippen LogP contribution is -2.00. The maximum Gasteiger partial charge on any atom is 0.161 e. The van der Waals surface area contributed by atoms with Crippen molar-refractivity contribution in [1.29, 1.82) is 5.26 Å². The zero-order valence-corrected chi connectivity index (χ0v) is 10.6. The molecule has 0 radical (unpaired) electrons. The molecule has 96 valence electrons. The zero-order valence-electron chi connectivity index (χ0n) is 9.86. The van der Waals surface area contributed by atoms with Crippen LogP contribution in [-0.2, 0) is 6.61 Å². The number of nitriles is 1. The lowest BCUT2D eigenvalue weighted by Gasteiger charge is -2.10. The number of halogens is 2. The van der Waals surface area contributed by atoms with E-state index < -0.39 is 5.82 Å². The molecule has 0 aliphatic rings. The van der Waals surface area contributed by atoms with Crippen molar-refractivity contribution in [2.45, 2.75) is 6.61 Å². The lowest BCUT2D eigenvalue weighted by atomic mass is 10.1. The van der Waals surface area contributed by atoms with Crippen molar-refractivity contribution in [2.75, 3.05) is 5.73 Å². The number of nitrogens with two attached hydrogens (primary N) is 1. The van der Waals surface area contributed by atoms with Crippen LogP contribution in [0.2, 0.25) is 5.02 Å². The highest BCUT2D eigenvalue weighted by Crippen LogP contribution is 2.31. The summed E-state index contributed by atoms with van der Waals surface area (Å²) in [5.74, 6) is -0.171. The topological polar surface area (TPSA) is 59.0 Å². The van der Waals surface area contributed by atoms with Crippen LogP contribution in [0.5, 0.6) is 5.75 Å². The van der Waals surface area contributed by atoms with Crippen molar-refractivity contribution >= 4 is 17.3 Å². The smallest absolute Gasteiger partial charge is 0.161 e. The molecule has 0 amide bonds. The Morgan fingerprint density at radius 3 is 2.79 bits per heavy atom. The van der Waals surface area contributed by atoms with E-state index in [1.165, 1.54) is 12.1 Å². The Morgan fingerprint density at radius 2 is 2.11 bits per heavy atom. The van der Waals surface area contributed by atoms with Crippen LogP contribution in [0.15, 0.2) is 36.4 Å². The molecule has 2 N–H and O–H groups in total. The van der Waals surface area contributed by atoms with Crippen molar-refractivity contribution in [3.05, 3.63) is 58.4 Å². The summed E-state index contributed by atoms with van der Waals surface area (Å²) in [5.41, 5.74) is 6.81. The summed E-state index contributed by atoms with van der Waals surface area (Å²) in [6, 6.07) is 11.0. The third kappa shape index (κ3) is 2.95. The number of rotatable bonds is 3. The predicted octanol–water partition coefficient (Wildman–Crippen LogP) is 3.51. The highest BCUT2D eigenvalue weighted by atomic mass is 35.5. The van der Waals surface area contributed by atoms with E-state index in [1.54, 1.807) is 30.3 Å². The molecule has 0 fully saturated rings. The number of ether oxygens (including phenoxy) is 1. The second-order valence-corrected chi connectivity index (χ2v) is 4.28. The van der Waals surface area contributed by atoms with Crippen molar-refractivity contribution in [1.82, 2.24) is 0 Å². The first-order valence-corrected chi connectivity index (χ1v) is 5.85. The number of hydrogen-bond donors (Lipinski definition) is 1. The van der Waals surface area contributed by atoms with Crippen LogP contribution in [0, 0.1) is 17.1 Å². The Hall–Kier alpha value is -2.25. The summed E-state index contributed by atoms with van der Waals surface area (Å²) in [4.78, 5) is 0. The third-order valence-corrected chi connectivity index (χ3v) is 2.83. The monoisotopic (exact) mass is 276 g/mol. The van der Waals surface area contributed by atoms with Gasteiger partial charge in [-0.2, -0.15) is 5.26 Å². The summed E-state index contributed by atoms with van der Waals surface area (Å²) < 4.78 is 18.7. The van der Waals surface area contributed by atoms with E-state index in [-0.39, 0.29) is 12.2 Å². The average Bonchev–Trinajstić information content (AvgIpc) is 2.40. The number of hydrogen-bond acceptors (Lipinski definition) is 3. The van der Waals surface area contributed by atoms with Gasteiger partial charge in [0.2, 0.25) is 0 Å². The van der Waals surface area contributed by atoms with Gasteiger partial charge in [-0.25, -0.2) is 4.39 Å². The van der Waals surface area contributed by atoms with E-state index in [9.17, 15) is 4.39 Å². The minimum absolute atomic E-state index is 0.0202. The molecule has 0 spiro atoms. The Bertz CT molecular complexity index is 632. The van der Waals surface area contributed by atoms with Gasteiger partial charge >= 0.3 is 0 Å². The average molecular weight is 277 g/mol. The number of nitrogen functional groups attached to an aromatic ring is 1. The van der Waals surface area contributed by atoms with Crippen LogP contribution < -0.4 is 10.5 Å². The Kier molecular flexibility index (Phi) is 3.88. The molecule has 0 saturated heterocycles. The van der Waals surface area contributed by atoms with Crippen LogP contribution >= 0.6 is 11.6 Å². The van der Waals surface area contributed by atoms with Crippen molar-refractivity contribution in [3.63, 3.8) is 0 Å². The molecule has 5 heteroatoms. The van der Waals surface area contributed by atoms with Crippen molar-refractivity contribution in [3.8, 4) is 11.8 Å². The van der Waals surface area contributed by atoms with Crippen molar-refractivity contribution < 1.29 is 9.13 Å². The SMILES string of the molecule is N#Cc1cc(COc2c(N)cccc2Cl)ccc1F. The summed E-state index contributed by atoms with van der Waals surface area (Å²) >= 11 is 5.96. The fraction of sp³-hybridized carbons (Fsp3) is 0.0714. The number of nitrogens with zero attached hydrogens (tertiary/aromatic N) is 1. The van der Waals surface area contributed by atoms with Crippen LogP contribution in [0.4, 0.5) is 10.1 Å². The zero-order chi connectivity index (χ0) is 13.8. The molecule has 0 unspecified atom stereocenters. The predicted molar refractivity (Wildman–Crippen MR) is 71.3 cm³/mol. The number of para-hydroxylation sites is 1. The fourth-order valence-electron chi connectivity index (χ4n) is 1.58. The summed E-state index contributed by atoms with van der Waals surface area (Å²) in [5, 5.41) is 9.15. The van der Waals surface area contributed by atoms with Gasteiger partial charge in [0.25, 0.3) is 0 Å².